The second-order valence-electron chi connectivity index (χ2n) is 6.67. The van der Waals surface area contributed by atoms with Crippen LogP contribution in [0.15, 0.2) is 47.4 Å². The first-order valence-electron chi connectivity index (χ1n) is 8.83. The predicted molar refractivity (Wildman–Crippen MR) is 102 cm³/mol. The average molecular weight is 370 g/mol. The molecular formula is C20H22N2O3S. The van der Waals surface area contributed by atoms with Gasteiger partial charge in [0.1, 0.15) is 5.75 Å². The van der Waals surface area contributed by atoms with Crippen LogP contribution in [0.3, 0.4) is 0 Å². The van der Waals surface area contributed by atoms with E-state index in [1.54, 1.807) is 31.4 Å². The van der Waals surface area contributed by atoms with Gasteiger partial charge in [-0.3, -0.25) is 0 Å². The number of hydrogen-bond acceptors (Lipinski definition) is 3. The maximum Gasteiger partial charge on any atom is 0.240 e. The van der Waals surface area contributed by atoms with Crippen LogP contribution in [0.2, 0.25) is 0 Å². The molecule has 1 aliphatic carbocycles. The molecule has 1 aliphatic rings. The zero-order valence-electron chi connectivity index (χ0n) is 14.7. The first-order chi connectivity index (χ1) is 12.6. The van der Waals surface area contributed by atoms with Gasteiger partial charge in [0.2, 0.25) is 10.0 Å². The van der Waals surface area contributed by atoms with Crippen LogP contribution in [0, 0.1) is 0 Å². The highest BCUT2D eigenvalue weighted by atomic mass is 32.2. The van der Waals surface area contributed by atoms with Gasteiger partial charge in [0, 0.05) is 23.1 Å². The Hall–Kier alpha value is -2.31. The van der Waals surface area contributed by atoms with E-state index in [-0.39, 0.29) is 11.4 Å². The van der Waals surface area contributed by atoms with Crippen LogP contribution in [0.1, 0.15) is 29.7 Å². The molecule has 0 aliphatic heterocycles. The zero-order valence-corrected chi connectivity index (χ0v) is 15.5. The van der Waals surface area contributed by atoms with E-state index in [0.29, 0.717) is 5.75 Å². The molecule has 0 amide bonds. The van der Waals surface area contributed by atoms with Crippen molar-refractivity contribution in [3.8, 4) is 5.75 Å². The van der Waals surface area contributed by atoms with Gasteiger partial charge >= 0.3 is 0 Å². The number of sulfonamides is 1. The molecule has 0 atom stereocenters. The number of methoxy groups -OCH3 is 1. The molecule has 6 heteroatoms. The molecule has 136 valence electrons. The fourth-order valence-electron chi connectivity index (χ4n) is 3.58. The third-order valence-corrected chi connectivity index (χ3v) is 6.42. The highest BCUT2D eigenvalue weighted by Gasteiger charge is 2.17. The highest BCUT2D eigenvalue weighted by molar-refractivity contribution is 7.89. The first kappa shape index (κ1) is 17.1. The number of hydrogen-bond donors (Lipinski definition) is 2. The minimum atomic E-state index is -3.55. The maximum atomic E-state index is 12.5. The van der Waals surface area contributed by atoms with Crippen LogP contribution in [-0.2, 0) is 29.4 Å². The molecule has 0 fully saturated rings. The van der Waals surface area contributed by atoms with Gasteiger partial charge < -0.3 is 9.72 Å². The summed E-state index contributed by atoms with van der Waals surface area (Å²) in [6.07, 6.45) is 4.64. The van der Waals surface area contributed by atoms with Gasteiger partial charge in [0.25, 0.3) is 0 Å². The fraction of sp³-hybridized carbons (Fsp3) is 0.300. The number of rotatable bonds is 5. The molecule has 1 heterocycles. The molecule has 2 aromatic carbocycles. The SMILES string of the molecule is COc1ccc(S(=O)(=O)NCc2ccc3[nH]c4c(c3c2)CCCC4)cc1. The van der Waals surface area contributed by atoms with Crippen molar-refractivity contribution in [2.45, 2.75) is 37.1 Å². The number of nitrogens with one attached hydrogen (secondary N) is 2. The Kier molecular flexibility index (Phi) is 4.46. The molecular weight excluding hydrogens is 348 g/mol. The van der Waals surface area contributed by atoms with Crippen molar-refractivity contribution in [2.24, 2.45) is 0 Å². The predicted octanol–water partition coefficient (Wildman–Crippen LogP) is 3.53. The van der Waals surface area contributed by atoms with E-state index in [1.807, 2.05) is 12.1 Å². The van der Waals surface area contributed by atoms with E-state index in [0.717, 1.165) is 23.9 Å². The van der Waals surface area contributed by atoms with Crippen LogP contribution in [-0.4, -0.2) is 20.5 Å². The molecule has 0 unspecified atom stereocenters. The lowest BCUT2D eigenvalue weighted by Crippen LogP contribution is -2.23. The summed E-state index contributed by atoms with van der Waals surface area (Å²) < 4.78 is 32.7. The quantitative estimate of drug-likeness (QED) is 0.722. The third kappa shape index (κ3) is 3.22. The Morgan fingerprint density at radius 2 is 1.85 bits per heavy atom. The van der Waals surface area contributed by atoms with E-state index in [4.69, 9.17) is 4.74 Å². The van der Waals surface area contributed by atoms with Gasteiger partial charge in [-0.1, -0.05) is 6.07 Å². The summed E-state index contributed by atoms with van der Waals surface area (Å²) in [4.78, 5) is 3.74. The molecule has 0 spiro atoms. The number of ether oxygens (including phenoxy) is 1. The minimum Gasteiger partial charge on any atom is -0.497 e. The summed E-state index contributed by atoms with van der Waals surface area (Å²) in [5.41, 5.74) is 4.83. The third-order valence-electron chi connectivity index (χ3n) is 5.00. The molecule has 3 aromatic rings. The van der Waals surface area contributed by atoms with E-state index in [1.165, 1.54) is 29.5 Å². The van der Waals surface area contributed by atoms with Crippen molar-refractivity contribution in [1.82, 2.24) is 9.71 Å². The van der Waals surface area contributed by atoms with E-state index < -0.39 is 10.0 Å². The lowest BCUT2D eigenvalue weighted by Gasteiger charge is -2.11. The monoisotopic (exact) mass is 370 g/mol. The normalized spacial score (nSPS) is 14.3. The summed E-state index contributed by atoms with van der Waals surface area (Å²) in [5.74, 6) is 0.631. The van der Waals surface area contributed by atoms with E-state index >= 15 is 0 Å². The lowest BCUT2D eigenvalue weighted by molar-refractivity contribution is 0.414. The Morgan fingerprint density at radius 1 is 1.08 bits per heavy atom. The molecule has 1 aromatic heterocycles. The number of fused-ring (bicyclic) bond motifs is 3. The van der Waals surface area contributed by atoms with Crippen molar-refractivity contribution in [3.63, 3.8) is 0 Å². The van der Waals surface area contributed by atoms with Gasteiger partial charge in [-0.05, 0) is 73.2 Å². The van der Waals surface area contributed by atoms with Crippen LogP contribution >= 0.6 is 0 Å². The van der Waals surface area contributed by atoms with E-state index in [9.17, 15) is 8.42 Å². The lowest BCUT2D eigenvalue weighted by atomic mass is 9.95. The van der Waals surface area contributed by atoms with Crippen LogP contribution in [0.5, 0.6) is 5.75 Å². The Balaban J connectivity index is 1.55. The minimum absolute atomic E-state index is 0.235. The molecule has 0 bridgehead atoms. The summed E-state index contributed by atoms with van der Waals surface area (Å²) in [6, 6.07) is 12.5. The molecule has 5 nitrogen and oxygen atoms in total. The summed E-state index contributed by atoms with van der Waals surface area (Å²) in [7, 11) is -2.00. The van der Waals surface area contributed by atoms with Crippen molar-refractivity contribution in [2.75, 3.05) is 7.11 Å². The van der Waals surface area contributed by atoms with Gasteiger partial charge in [-0.15, -0.1) is 0 Å². The standard InChI is InChI=1S/C20H22N2O3S/c1-25-15-7-9-16(10-8-15)26(23,24)21-13-14-6-11-20-18(12-14)17-4-2-3-5-19(17)22-20/h6-12,21-22H,2-5,13H2,1H3. The van der Waals surface area contributed by atoms with Gasteiger partial charge in [-0.25, -0.2) is 13.1 Å². The Morgan fingerprint density at radius 3 is 2.62 bits per heavy atom. The highest BCUT2D eigenvalue weighted by Crippen LogP contribution is 2.29. The van der Waals surface area contributed by atoms with Gasteiger partial charge in [0.15, 0.2) is 0 Å². The number of benzene rings is 2. The molecule has 0 saturated heterocycles. The first-order valence-corrected chi connectivity index (χ1v) is 10.3. The van der Waals surface area contributed by atoms with Crippen molar-refractivity contribution in [1.29, 1.82) is 0 Å². The second kappa shape index (κ2) is 6.78. The van der Waals surface area contributed by atoms with Crippen LogP contribution in [0.25, 0.3) is 10.9 Å². The zero-order chi connectivity index (χ0) is 18.1. The Bertz CT molecular complexity index is 1040. The summed E-state index contributed by atoms with van der Waals surface area (Å²) >= 11 is 0. The number of aromatic nitrogens is 1. The van der Waals surface area contributed by atoms with Crippen LogP contribution in [0.4, 0.5) is 0 Å². The molecule has 2 N–H and O–H groups in total. The molecule has 0 saturated carbocycles. The number of aryl methyl sites for hydroxylation is 2. The van der Waals surface area contributed by atoms with E-state index in [2.05, 4.69) is 15.8 Å². The molecule has 0 radical (unpaired) electrons. The average Bonchev–Trinajstić information content (AvgIpc) is 3.04. The maximum absolute atomic E-state index is 12.5. The smallest absolute Gasteiger partial charge is 0.240 e. The largest absolute Gasteiger partial charge is 0.497 e. The van der Waals surface area contributed by atoms with Crippen LogP contribution < -0.4 is 9.46 Å². The Labute approximate surface area is 153 Å². The molecule has 4 rings (SSSR count). The second-order valence-corrected chi connectivity index (χ2v) is 8.44. The summed E-state index contributed by atoms with van der Waals surface area (Å²) in [5, 5.41) is 1.22. The van der Waals surface area contributed by atoms with Gasteiger partial charge in [0.05, 0.1) is 12.0 Å². The summed E-state index contributed by atoms with van der Waals surface area (Å²) in [6.45, 7) is 0.268. The fourth-order valence-corrected chi connectivity index (χ4v) is 4.60. The van der Waals surface area contributed by atoms with Gasteiger partial charge in [-0.2, -0.15) is 0 Å². The van der Waals surface area contributed by atoms with Crippen molar-refractivity contribution >= 4 is 20.9 Å². The van der Waals surface area contributed by atoms with Crippen molar-refractivity contribution < 1.29 is 13.2 Å². The number of H-pyrrole nitrogens is 1. The molecule has 26 heavy (non-hydrogen) atoms. The van der Waals surface area contributed by atoms with Crippen molar-refractivity contribution in [3.05, 3.63) is 59.3 Å². The number of aromatic amines is 1. The topological polar surface area (TPSA) is 71.2 Å².